The van der Waals surface area contributed by atoms with Crippen LogP contribution >= 0.6 is 23.8 Å². The predicted molar refractivity (Wildman–Crippen MR) is 154 cm³/mol. The first-order valence-electron chi connectivity index (χ1n) is 12.9. The number of carbonyl (C=O) groups is 2. The molecule has 0 radical (unpaired) electrons. The molecule has 0 atom stereocenters. The number of halogens is 1. The summed E-state index contributed by atoms with van der Waals surface area (Å²) in [5.41, 5.74) is 4.22. The van der Waals surface area contributed by atoms with E-state index in [0.29, 0.717) is 21.5 Å². The summed E-state index contributed by atoms with van der Waals surface area (Å²) in [4.78, 5) is 29.8. The van der Waals surface area contributed by atoms with Gasteiger partial charge in [0.05, 0.1) is 11.2 Å². The minimum absolute atomic E-state index is 0.0260. The monoisotopic (exact) mass is 534 g/mol. The first-order chi connectivity index (χ1) is 17.9. The van der Waals surface area contributed by atoms with Gasteiger partial charge < -0.3 is 14.8 Å². The molecule has 2 aromatic carbocycles. The highest BCUT2D eigenvalue weighted by molar-refractivity contribution is 7.80. The summed E-state index contributed by atoms with van der Waals surface area (Å²) in [6, 6.07) is 13.5. The molecule has 0 spiro atoms. The number of benzene rings is 2. The van der Waals surface area contributed by atoms with Crippen molar-refractivity contribution in [3.05, 3.63) is 70.5 Å². The first kappa shape index (κ1) is 25.5. The van der Waals surface area contributed by atoms with E-state index in [9.17, 15) is 9.59 Å². The summed E-state index contributed by atoms with van der Waals surface area (Å²) in [7, 11) is 1.80. The molecule has 1 N–H and O–H groups in total. The Hall–Kier alpha value is -3.16. The average Bonchev–Trinajstić information content (AvgIpc) is 3.34. The third kappa shape index (κ3) is 5.03. The lowest BCUT2D eigenvalue weighted by Crippen LogP contribution is -2.38. The molecule has 192 valence electrons. The van der Waals surface area contributed by atoms with Crippen LogP contribution in [0, 0.1) is 0 Å². The van der Waals surface area contributed by atoms with Gasteiger partial charge in [0.25, 0.3) is 5.91 Å². The standard InChI is InChI=1S/C29H31ClN4O2S/c1-3-19-8-7-11-24-20(17-33(27(19)24)18-26(35)31-22-9-5-4-6-10-22)16-25-28(36)34(29(37)32(25)2)23-14-12-21(30)13-15-23/h7-8,11-17,22H,3-6,9-10,18H2,1-2H3,(H,31,35)/b25-16-. The van der Waals surface area contributed by atoms with Crippen molar-refractivity contribution in [3.63, 3.8) is 0 Å². The number of thiocarbonyl (C=S) groups is 1. The lowest BCUT2D eigenvalue weighted by atomic mass is 9.95. The molecule has 1 aromatic heterocycles. The van der Waals surface area contributed by atoms with E-state index in [-0.39, 0.29) is 24.4 Å². The van der Waals surface area contributed by atoms with E-state index >= 15 is 0 Å². The molecule has 1 aliphatic heterocycles. The van der Waals surface area contributed by atoms with E-state index < -0.39 is 0 Å². The van der Waals surface area contributed by atoms with Gasteiger partial charge in [-0.25, -0.2) is 0 Å². The van der Waals surface area contributed by atoms with Crippen molar-refractivity contribution in [3.8, 4) is 0 Å². The lowest BCUT2D eigenvalue weighted by Gasteiger charge is -2.23. The lowest BCUT2D eigenvalue weighted by molar-refractivity contribution is -0.122. The molecule has 37 heavy (non-hydrogen) atoms. The summed E-state index contributed by atoms with van der Waals surface area (Å²) in [6.07, 6.45) is 10.4. The number of carbonyl (C=O) groups excluding carboxylic acids is 2. The summed E-state index contributed by atoms with van der Waals surface area (Å²) in [5, 5.41) is 5.24. The zero-order valence-electron chi connectivity index (χ0n) is 21.2. The van der Waals surface area contributed by atoms with Gasteiger partial charge in [-0.05, 0) is 67.4 Å². The number of nitrogens with one attached hydrogen (secondary N) is 1. The molecule has 2 heterocycles. The SMILES string of the molecule is CCc1cccc2c(/C=C3/C(=O)N(c4ccc(Cl)cc4)C(=S)N3C)cn(CC(=O)NC3CCCCC3)c12. The molecule has 8 heteroatoms. The van der Waals surface area contributed by atoms with Crippen molar-refractivity contribution in [2.45, 2.75) is 58.0 Å². The molecule has 6 nitrogen and oxygen atoms in total. The Morgan fingerprint density at radius 3 is 2.57 bits per heavy atom. The maximum absolute atomic E-state index is 13.5. The largest absolute Gasteiger partial charge is 0.352 e. The Balaban J connectivity index is 1.49. The van der Waals surface area contributed by atoms with Crippen LogP contribution in [-0.4, -0.2) is 39.5 Å². The van der Waals surface area contributed by atoms with Gasteiger partial charge in [-0.15, -0.1) is 0 Å². The number of aromatic nitrogens is 1. The van der Waals surface area contributed by atoms with Crippen LogP contribution in [0.2, 0.25) is 5.02 Å². The summed E-state index contributed by atoms with van der Waals surface area (Å²) in [6.45, 7) is 2.36. The Morgan fingerprint density at radius 2 is 1.86 bits per heavy atom. The molecular formula is C29H31ClN4O2S. The highest BCUT2D eigenvalue weighted by Crippen LogP contribution is 2.32. The molecule has 1 saturated carbocycles. The number of hydrogen-bond acceptors (Lipinski definition) is 3. The molecule has 1 saturated heterocycles. The van der Waals surface area contributed by atoms with Gasteiger partial charge in [0.15, 0.2) is 5.11 Å². The summed E-state index contributed by atoms with van der Waals surface area (Å²) >= 11 is 11.7. The highest BCUT2D eigenvalue weighted by atomic mass is 35.5. The number of fused-ring (bicyclic) bond motifs is 1. The molecule has 1 aliphatic carbocycles. The van der Waals surface area contributed by atoms with Gasteiger partial charge in [-0.3, -0.25) is 14.5 Å². The number of hydrogen-bond donors (Lipinski definition) is 1. The third-order valence-electron chi connectivity index (χ3n) is 7.32. The van der Waals surface area contributed by atoms with Crippen molar-refractivity contribution in [1.82, 2.24) is 14.8 Å². The van der Waals surface area contributed by atoms with Crippen LogP contribution in [0.4, 0.5) is 5.69 Å². The number of aryl methyl sites for hydroxylation is 1. The van der Waals surface area contributed by atoms with Gasteiger partial charge in [-0.1, -0.05) is 56.0 Å². The molecule has 0 bridgehead atoms. The van der Waals surface area contributed by atoms with Crippen LogP contribution in [0.1, 0.15) is 50.2 Å². The van der Waals surface area contributed by atoms with Crippen molar-refractivity contribution >= 4 is 63.4 Å². The maximum Gasteiger partial charge on any atom is 0.281 e. The van der Waals surface area contributed by atoms with Crippen LogP contribution in [0.5, 0.6) is 0 Å². The molecular weight excluding hydrogens is 504 g/mol. The Kier molecular flexibility index (Phi) is 7.36. The number of para-hydroxylation sites is 1. The van der Waals surface area contributed by atoms with Crippen LogP contribution in [0.25, 0.3) is 17.0 Å². The maximum atomic E-state index is 13.5. The molecule has 2 amide bonds. The molecule has 2 fully saturated rings. The minimum atomic E-state index is -0.197. The van der Waals surface area contributed by atoms with Gasteiger partial charge in [0.1, 0.15) is 12.2 Å². The van der Waals surface area contributed by atoms with Crippen LogP contribution in [0.3, 0.4) is 0 Å². The third-order valence-corrected chi connectivity index (χ3v) is 8.03. The summed E-state index contributed by atoms with van der Waals surface area (Å²) < 4.78 is 2.02. The van der Waals surface area contributed by atoms with E-state index in [1.807, 2.05) is 29.0 Å². The second-order valence-electron chi connectivity index (χ2n) is 9.77. The molecule has 2 aliphatic rings. The number of nitrogens with zero attached hydrogens (tertiary/aromatic N) is 3. The van der Waals surface area contributed by atoms with E-state index in [0.717, 1.165) is 41.3 Å². The number of anilines is 1. The zero-order chi connectivity index (χ0) is 26.1. The Morgan fingerprint density at radius 1 is 1.14 bits per heavy atom. The second-order valence-corrected chi connectivity index (χ2v) is 10.6. The fourth-order valence-electron chi connectivity index (χ4n) is 5.39. The highest BCUT2D eigenvalue weighted by Gasteiger charge is 2.37. The minimum Gasteiger partial charge on any atom is -0.352 e. The van der Waals surface area contributed by atoms with Crippen LogP contribution in [-0.2, 0) is 22.6 Å². The fraction of sp³-hybridized carbons (Fsp3) is 0.345. The number of rotatable bonds is 6. The zero-order valence-corrected chi connectivity index (χ0v) is 22.7. The van der Waals surface area contributed by atoms with Crippen molar-refractivity contribution in [2.75, 3.05) is 11.9 Å². The van der Waals surface area contributed by atoms with Crippen molar-refractivity contribution in [2.24, 2.45) is 0 Å². The quantitative estimate of drug-likeness (QED) is 0.315. The van der Waals surface area contributed by atoms with Crippen LogP contribution < -0.4 is 10.2 Å². The topological polar surface area (TPSA) is 57.6 Å². The normalized spacial score (nSPS) is 17.9. The van der Waals surface area contributed by atoms with Gasteiger partial charge >= 0.3 is 0 Å². The summed E-state index contributed by atoms with van der Waals surface area (Å²) in [5.74, 6) is -0.171. The van der Waals surface area contributed by atoms with Crippen molar-refractivity contribution < 1.29 is 9.59 Å². The van der Waals surface area contributed by atoms with E-state index in [2.05, 4.69) is 18.3 Å². The van der Waals surface area contributed by atoms with Gasteiger partial charge in [0.2, 0.25) is 5.91 Å². The number of amides is 2. The van der Waals surface area contributed by atoms with E-state index in [1.165, 1.54) is 24.2 Å². The first-order valence-corrected chi connectivity index (χ1v) is 13.7. The van der Waals surface area contributed by atoms with Gasteiger partial charge in [-0.2, -0.15) is 0 Å². The molecule has 0 unspecified atom stereocenters. The van der Waals surface area contributed by atoms with E-state index in [1.54, 1.807) is 36.2 Å². The second kappa shape index (κ2) is 10.7. The molecule has 3 aromatic rings. The fourth-order valence-corrected chi connectivity index (χ4v) is 5.80. The van der Waals surface area contributed by atoms with Gasteiger partial charge in [0, 0.05) is 35.3 Å². The smallest absolute Gasteiger partial charge is 0.281 e. The average molecular weight is 535 g/mol. The van der Waals surface area contributed by atoms with E-state index in [4.69, 9.17) is 23.8 Å². The Bertz CT molecular complexity index is 1390. The van der Waals surface area contributed by atoms with Crippen molar-refractivity contribution in [1.29, 1.82) is 0 Å². The predicted octanol–water partition coefficient (Wildman–Crippen LogP) is 5.91. The van der Waals surface area contributed by atoms with Crippen LogP contribution in [0.15, 0.2) is 54.4 Å². The molecule has 5 rings (SSSR count). The number of likely N-dealkylation sites (N-methyl/N-ethyl adjacent to an activating group) is 1. The Labute approximate surface area is 227 Å².